The summed E-state index contributed by atoms with van der Waals surface area (Å²) in [5.41, 5.74) is 1.88. The van der Waals surface area contributed by atoms with Gasteiger partial charge in [-0.3, -0.25) is 14.9 Å². The summed E-state index contributed by atoms with van der Waals surface area (Å²) in [6, 6.07) is 9.31. The van der Waals surface area contributed by atoms with Crippen LogP contribution in [0.4, 0.5) is 10.7 Å². The predicted octanol–water partition coefficient (Wildman–Crippen LogP) is 5.57. The molecule has 0 saturated heterocycles. The average Bonchev–Trinajstić information content (AvgIpc) is 3.32. The molecule has 0 fully saturated rings. The number of amides is 1. The molecule has 1 aromatic carbocycles. The van der Waals surface area contributed by atoms with E-state index in [0.717, 1.165) is 36.1 Å². The second-order valence-electron chi connectivity index (χ2n) is 6.57. The molecule has 9 heteroatoms. The minimum atomic E-state index is -0.538. The van der Waals surface area contributed by atoms with E-state index in [-0.39, 0.29) is 16.5 Å². The van der Waals surface area contributed by atoms with Gasteiger partial charge in [0.05, 0.1) is 15.5 Å². The highest BCUT2D eigenvalue weighted by molar-refractivity contribution is 7.16. The summed E-state index contributed by atoms with van der Waals surface area (Å²) in [4.78, 5) is 24.1. The minimum Gasteiger partial charge on any atom is -0.451 e. The Morgan fingerprint density at radius 1 is 1.28 bits per heavy atom. The lowest BCUT2D eigenvalue weighted by molar-refractivity contribution is -0.384. The molecule has 7 nitrogen and oxygen atoms in total. The number of thiophene rings is 1. The number of rotatable bonds is 4. The van der Waals surface area contributed by atoms with Gasteiger partial charge in [-0.1, -0.05) is 11.6 Å². The molecular weight excluding hydrogens is 414 g/mol. The van der Waals surface area contributed by atoms with Gasteiger partial charge in [0, 0.05) is 22.6 Å². The van der Waals surface area contributed by atoms with Gasteiger partial charge in [-0.15, -0.1) is 11.3 Å². The lowest BCUT2D eigenvalue weighted by Crippen LogP contribution is -2.10. The number of non-ortho nitro benzene ring substituents is 1. The zero-order valence-electron chi connectivity index (χ0n) is 15.0. The topological polar surface area (TPSA) is 109 Å². The summed E-state index contributed by atoms with van der Waals surface area (Å²) >= 11 is 7.56. The Balaban J connectivity index is 1.58. The molecule has 0 spiro atoms. The van der Waals surface area contributed by atoms with Crippen LogP contribution >= 0.6 is 22.9 Å². The fourth-order valence-electron chi connectivity index (χ4n) is 3.36. The summed E-state index contributed by atoms with van der Waals surface area (Å²) in [6.07, 6.45) is 3.91. The summed E-state index contributed by atoms with van der Waals surface area (Å²) in [6.45, 7) is 0. The van der Waals surface area contributed by atoms with E-state index in [9.17, 15) is 20.2 Å². The van der Waals surface area contributed by atoms with Crippen molar-refractivity contribution in [3.63, 3.8) is 0 Å². The van der Waals surface area contributed by atoms with E-state index in [4.69, 9.17) is 16.0 Å². The second-order valence-corrected chi connectivity index (χ2v) is 8.08. The van der Waals surface area contributed by atoms with Crippen LogP contribution in [-0.2, 0) is 12.8 Å². The quantitative estimate of drug-likeness (QED) is 0.432. The molecule has 0 radical (unpaired) electrons. The highest BCUT2D eigenvalue weighted by Crippen LogP contribution is 2.38. The zero-order chi connectivity index (χ0) is 20.5. The molecule has 1 aliphatic carbocycles. The van der Waals surface area contributed by atoms with Crippen LogP contribution in [0.25, 0.3) is 11.3 Å². The Morgan fingerprint density at radius 2 is 2.07 bits per heavy atom. The van der Waals surface area contributed by atoms with E-state index in [1.807, 2.05) is 0 Å². The molecule has 0 bridgehead atoms. The number of nitrogens with one attached hydrogen (secondary N) is 1. The van der Waals surface area contributed by atoms with Crippen LogP contribution in [0.3, 0.4) is 0 Å². The molecular formula is C20H14ClN3O4S. The van der Waals surface area contributed by atoms with Crippen molar-refractivity contribution < 1.29 is 14.1 Å². The Hall–Kier alpha value is -3.15. The van der Waals surface area contributed by atoms with Gasteiger partial charge in [0.1, 0.15) is 16.8 Å². The number of nitro groups is 1. The van der Waals surface area contributed by atoms with Crippen molar-refractivity contribution in [1.82, 2.24) is 0 Å². The normalized spacial score (nSPS) is 12.8. The van der Waals surface area contributed by atoms with Gasteiger partial charge in [0.25, 0.3) is 11.6 Å². The van der Waals surface area contributed by atoms with E-state index in [1.54, 1.807) is 6.07 Å². The SMILES string of the molecule is N#Cc1c(NC(=O)c2ccc(-c3ccc([N+](=O)[O-])cc3Cl)o2)sc2c1CCCC2. The number of benzene rings is 1. The lowest BCUT2D eigenvalue weighted by atomic mass is 9.96. The third kappa shape index (κ3) is 3.62. The molecule has 1 amide bonds. The highest BCUT2D eigenvalue weighted by Gasteiger charge is 2.23. The molecule has 1 aliphatic rings. The predicted molar refractivity (Wildman–Crippen MR) is 109 cm³/mol. The second kappa shape index (κ2) is 7.70. The average molecular weight is 428 g/mol. The third-order valence-electron chi connectivity index (χ3n) is 4.77. The van der Waals surface area contributed by atoms with Crippen molar-refractivity contribution >= 4 is 39.5 Å². The number of halogens is 1. The Bertz CT molecular complexity index is 1180. The molecule has 3 aromatic rings. The largest absolute Gasteiger partial charge is 0.451 e. The van der Waals surface area contributed by atoms with Crippen LogP contribution in [0.1, 0.15) is 39.4 Å². The summed E-state index contributed by atoms with van der Waals surface area (Å²) < 4.78 is 5.62. The monoisotopic (exact) mass is 427 g/mol. The van der Waals surface area contributed by atoms with Gasteiger partial charge >= 0.3 is 0 Å². The molecule has 4 rings (SSSR count). The molecule has 2 aromatic heterocycles. The number of furan rings is 1. The molecule has 1 N–H and O–H groups in total. The Labute approximate surface area is 174 Å². The molecule has 146 valence electrons. The van der Waals surface area contributed by atoms with Crippen LogP contribution in [0, 0.1) is 21.4 Å². The first-order valence-electron chi connectivity index (χ1n) is 8.88. The number of carbonyl (C=O) groups is 1. The number of hydrogen-bond acceptors (Lipinski definition) is 6. The first kappa shape index (κ1) is 19.2. The number of nitriles is 1. The molecule has 0 saturated carbocycles. The first-order chi connectivity index (χ1) is 14.0. The van der Waals surface area contributed by atoms with Crippen LogP contribution in [0.15, 0.2) is 34.7 Å². The van der Waals surface area contributed by atoms with Crippen molar-refractivity contribution in [3.05, 3.63) is 67.2 Å². The summed E-state index contributed by atoms with van der Waals surface area (Å²) in [5.74, 6) is -0.0879. The van der Waals surface area contributed by atoms with E-state index < -0.39 is 10.8 Å². The summed E-state index contributed by atoms with van der Waals surface area (Å²) in [7, 11) is 0. The van der Waals surface area contributed by atoms with Crippen molar-refractivity contribution in [2.24, 2.45) is 0 Å². The zero-order valence-corrected chi connectivity index (χ0v) is 16.6. The van der Waals surface area contributed by atoms with E-state index >= 15 is 0 Å². The molecule has 0 aliphatic heterocycles. The summed E-state index contributed by atoms with van der Waals surface area (Å²) in [5, 5.41) is 23.8. The van der Waals surface area contributed by atoms with Gasteiger partial charge in [0.2, 0.25) is 0 Å². The molecule has 0 atom stereocenters. The number of nitro benzene ring substituents is 1. The van der Waals surface area contributed by atoms with Gasteiger partial charge < -0.3 is 9.73 Å². The van der Waals surface area contributed by atoms with E-state index in [1.165, 1.54) is 35.6 Å². The number of carbonyl (C=O) groups excluding carboxylic acids is 1. The smallest absolute Gasteiger partial charge is 0.292 e. The molecule has 0 unspecified atom stereocenters. The van der Waals surface area contributed by atoms with Gasteiger partial charge in [-0.05, 0) is 49.4 Å². The van der Waals surface area contributed by atoms with Crippen LogP contribution in [-0.4, -0.2) is 10.8 Å². The molecule has 2 heterocycles. The van der Waals surface area contributed by atoms with Gasteiger partial charge in [-0.2, -0.15) is 5.26 Å². The standard InChI is InChI=1S/C20H14ClN3O4S/c21-15-9-11(24(26)27)5-6-13(15)16-7-8-17(28-16)19(25)23-20-14(10-22)12-3-1-2-4-18(12)29-20/h5-9H,1-4H2,(H,23,25). The fraction of sp³-hybridized carbons (Fsp3) is 0.200. The van der Waals surface area contributed by atoms with Crippen molar-refractivity contribution in [2.45, 2.75) is 25.7 Å². The van der Waals surface area contributed by atoms with Crippen LogP contribution in [0.5, 0.6) is 0 Å². The number of nitrogens with zero attached hydrogens (tertiary/aromatic N) is 2. The number of hydrogen-bond donors (Lipinski definition) is 1. The number of aryl methyl sites for hydroxylation is 1. The van der Waals surface area contributed by atoms with E-state index in [0.29, 0.717) is 21.9 Å². The maximum Gasteiger partial charge on any atom is 0.292 e. The Morgan fingerprint density at radius 3 is 2.79 bits per heavy atom. The fourth-order valence-corrected chi connectivity index (χ4v) is 4.86. The number of fused-ring (bicyclic) bond motifs is 1. The lowest BCUT2D eigenvalue weighted by Gasteiger charge is -2.09. The highest BCUT2D eigenvalue weighted by atomic mass is 35.5. The molecule has 29 heavy (non-hydrogen) atoms. The third-order valence-corrected chi connectivity index (χ3v) is 6.29. The first-order valence-corrected chi connectivity index (χ1v) is 10.1. The van der Waals surface area contributed by atoms with Crippen molar-refractivity contribution in [2.75, 3.05) is 5.32 Å². The van der Waals surface area contributed by atoms with E-state index in [2.05, 4.69) is 11.4 Å². The Kier molecular flexibility index (Phi) is 5.09. The van der Waals surface area contributed by atoms with Crippen LogP contribution < -0.4 is 5.32 Å². The minimum absolute atomic E-state index is 0.0599. The number of anilines is 1. The van der Waals surface area contributed by atoms with Crippen molar-refractivity contribution in [1.29, 1.82) is 5.26 Å². The van der Waals surface area contributed by atoms with Crippen molar-refractivity contribution in [3.8, 4) is 17.4 Å². The van der Waals surface area contributed by atoms with Gasteiger partial charge in [-0.25, -0.2) is 0 Å². The van der Waals surface area contributed by atoms with Crippen LogP contribution in [0.2, 0.25) is 5.02 Å². The maximum atomic E-state index is 12.6. The van der Waals surface area contributed by atoms with Gasteiger partial charge in [0.15, 0.2) is 5.76 Å². The maximum absolute atomic E-state index is 12.6.